The maximum absolute atomic E-state index is 13.5. The molecule has 0 saturated carbocycles. The SMILES string of the molecule is CCn1c(=O)[nH]c(=O)c2c(C(=O)N3CCN(C(=O)CCC(C)C)CC3)cc(C(C)C)nc21. The van der Waals surface area contributed by atoms with Gasteiger partial charge in [-0.3, -0.25) is 23.9 Å². The molecule has 1 aliphatic rings. The van der Waals surface area contributed by atoms with Gasteiger partial charge in [-0.2, -0.15) is 0 Å². The predicted octanol–water partition coefficient (Wildman–Crippen LogP) is 1.95. The van der Waals surface area contributed by atoms with Crippen LogP contribution in [0.15, 0.2) is 15.7 Å². The quantitative estimate of drug-likeness (QED) is 0.734. The Balaban J connectivity index is 1.93. The molecule has 1 saturated heterocycles. The van der Waals surface area contributed by atoms with Crippen LogP contribution in [-0.4, -0.2) is 62.3 Å². The van der Waals surface area contributed by atoms with Crippen LogP contribution in [0.4, 0.5) is 0 Å². The van der Waals surface area contributed by atoms with Gasteiger partial charge in [0.1, 0.15) is 0 Å². The molecule has 0 bridgehead atoms. The molecule has 0 unspecified atom stereocenters. The molecule has 3 rings (SSSR count). The number of pyridine rings is 1. The Bertz CT molecular complexity index is 1120. The molecular formula is C23H33N5O4. The first kappa shape index (κ1) is 23.7. The smallest absolute Gasteiger partial charge is 0.329 e. The molecule has 1 aliphatic heterocycles. The van der Waals surface area contributed by atoms with Gasteiger partial charge >= 0.3 is 5.69 Å². The topological polar surface area (TPSA) is 108 Å². The molecule has 2 aromatic heterocycles. The number of aryl methyl sites for hydroxylation is 1. The van der Waals surface area contributed by atoms with Crippen molar-refractivity contribution in [3.63, 3.8) is 0 Å². The molecule has 2 aromatic rings. The van der Waals surface area contributed by atoms with E-state index in [1.165, 1.54) is 4.57 Å². The number of aromatic amines is 1. The van der Waals surface area contributed by atoms with E-state index in [2.05, 4.69) is 23.8 Å². The molecule has 0 aliphatic carbocycles. The first-order valence-corrected chi connectivity index (χ1v) is 11.4. The molecule has 0 spiro atoms. The third-order valence-electron chi connectivity index (χ3n) is 5.96. The monoisotopic (exact) mass is 443 g/mol. The summed E-state index contributed by atoms with van der Waals surface area (Å²) < 4.78 is 1.38. The Morgan fingerprint density at radius 1 is 1.06 bits per heavy atom. The minimum absolute atomic E-state index is 0.0149. The van der Waals surface area contributed by atoms with Gasteiger partial charge in [-0.25, -0.2) is 9.78 Å². The zero-order valence-corrected chi connectivity index (χ0v) is 19.6. The lowest BCUT2D eigenvalue weighted by Gasteiger charge is -2.35. The molecule has 32 heavy (non-hydrogen) atoms. The van der Waals surface area contributed by atoms with Crippen LogP contribution in [0.3, 0.4) is 0 Å². The van der Waals surface area contributed by atoms with E-state index in [1.807, 2.05) is 13.8 Å². The van der Waals surface area contributed by atoms with E-state index in [0.29, 0.717) is 50.8 Å². The van der Waals surface area contributed by atoms with Gasteiger partial charge in [0.15, 0.2) is 5.65 Å². The van der Waals surface area contributed by atoms with Gasteiger partial charge in [0, 0.05) is 44.8 Å². The average molecular weight is 444 g/mol. The maximum Gasteiger partial charge on any atom is 0.329 e. The molecule has 3 heterocycles. The number of nitrogens with one attached hydrogen (secondary N) is 1. The van der Waals surface area contributed by atoms with Gasteiger partial charge in [-0.05, 0) is 31.2 Å². The van der Waals surface area contributed by atoms with Gasteiger partial charge in [0.2, 0.25) is 5.91 Å². The summed E-state index contributed by atoms with van der Waals surface area (Å²) in [7, 11) is 0. The Labute approximate surface area is 187 Å². The lowest BCUT2D eigenvalue weighted by atomic mass is 10.0. The Morgan fingerprint density at radius 3 is 2.25 bits per heavy atom. The van der Waals surface area contributed by atoms with Gasteiger partial charge in [-0.1, -0.05) is 27.7 Å². The van der Waals surface area contributed by atoms with Crippen LogP contribution in [0, 0.1) is 5.92 Å². The molecule has 0 aromatic carbocycles. The lowest BCUT2D eigenvalue weighted by molar-refractivity contribution is -0.132. The standard InChI is InChI=1S/C23H33N5O4/c1-6-28-20-19(21(30)25-23(28)32)16(13-17(24-20)15(4)5)22(31)27-11-9-26(10-12-27)18(29)8-7-14(2)3/h13-15H,6-12H2,1-5H3,(H,25,30,32). The van der Waals surface area contributed by atoms with Crippen molar-refractivity contribution in [3.05, 3.63) is 38.2 Å². The van der Waals surface area contributed by atoms with E-state index < -0.39 is 11.2 Å². The number of nitrogens with zero attached hydrogens (tertiary/aromatic N) is 4. The molecule has 9 heteroatoms. The summed E-state index contributed by atoms with van der Waals surface area (Å²) in [4.78, 5) is 61.2. The number of carbonyl (C=O) groups is 2. The summed E-state index contributed by atoms with van der Waals surface area (Å²) in [5, 5.41) is 0.135. The van der Waals surface area contributed by atoms with Crippen LogP contribution < -0.4 is 11.2 Å². The highest BCUT2D eigenvalue weighted by molar-refractivity contribution is 6.05. The van der Waals surface area contributed by atoms with Crippen molar-refractivity contribution in [1.82, 2.24) is 24.3 Å². The highest BCUT2D eigenvalue weighted by Crippen LogP contribution is 2.22. The highest BCUT2D eigenvalue weighted by Gasteiger charge is 2.28. The molecule has 2 amide bonds. The van der Waals surface area contributed by atoms with Crippen LogP contribution in [-0.2, 0) is 11.3 Å². The van der Waals surface area contributed by atoms with Crippen molar-refractivity contribution >= 4 is 22.8 Å². The zero-order valence-electron chi connectivity index (χ0n) is 19.6. The Kier molecular flexibility index (Phi) is 7.16. The molecule has 0 atom stereocenters. The van der Waals surface area contributed by atoms with Crippen LogP contribution in [0.2, 0.25) is 0 Å². The Hall–Kier alpha value is -2.97. The number of hydrogen-bond donors (Lipinski definition) is 1. The summed E-state index contributed by atoms with van der Waals surface area (Å²) in [6.45, 7) is 11.9. The second kappa shape index (κ2) is 9.67. The van der Waals surface area contributed by atoms with Crippen molar-refractivity contribution in [2.24, 2.45) is 5.92 Å². The van der Waals surface area contributed by atoms with Crippen molar-refractivity contribution in [3.8, 4) is 0 Å². The summed E-state index contributed by atoms with van der Waals surface area (Å²) >= 11 is 0. The third kappa shape index (κ3) is 4.76. The fourth-order valence-electron chi connectivity index (χ4n) is 3.95. The fourth-order valence-corrected chi connectivity index (χ4v) is 3.95. The normalized spacial score (nSPS) is 14.6. The average Bonchev–Trinajstić information content (AvgIpc) is 2.76. The lowest BCUT2D eigenvalue weighted by Crippen LogP contribution is -2.50. The number of carbonyl (C=O) groups excluding carboxylic acids is 2. The van der Waals surface area contributed by atoms with E-state index in [0.717, 1.165) is 6.42 Å². The van der Waals surface area contributed by atoms with E-state index >= 15 is 0 Å². The first-order valence-electron chi connectivity index (χ1n) is 11.4. The van der Waals surface area contributed by atoms with Crippen molar-refractivity contribution in [2.45, 2.75) is 59.9 Å². The van der Waals surface area contributed by atoms with Gasteiger partial charge in [-0.15, -0.1) is 0 Å². The number of hydrogen-bond acceptors (Lipinski definition) is 5. The number of amides is 2. The molecule has 1 fully saturated rings. The minimum Gasteiger partial charge on any atom is -0.339 e. The van der Waals surface area contributed by atoms with Crippen LogP contribution in [0.5, 0.6) is 0 Å². The third-order valence-corrected chi connectivity index (χ3v) is 5.96. The van der Waals surface area contributed by atoms with Crippen LogP contribution >= 0.6 is 0 Å². The minimum atomic E-state index is -0.608. The number of fused-ring (bicyclic) bond motifs is 1. The van der Waals surface area contributed by atoms with Crippen molar-refractivity contribution < 1.29 is 9.59 Å². The van der Waals surface area contributed by atoms with Crippen LogP contribution in [0.1, 0.15) is 69.4 Å². The van der Waals surface area contributed by atoms with Gasteiger partial charge in [0.05, 0.1) is 10.9 Å². The molecular weight excluding hydrogens is 410 g/mol. The molecule has 1 N–H and O–H groups in total. The first-order chi connectivity index (χ1) is 15.1. The van der Waals surface area contributed by atoms with Crippen molar-refractivity contribution in [2.75, 3.05) is 26.2 Å². The second-order valence-corrected chi connectivity index (χ2v) is 9.06. The second-order valence-electron chi connectivity index (χ2n) is 9.06. The van der Waals surface area contributed by atoms with E-state index in [9.17, 15) is 19.2 Å². The number of H-pyrrole nitrogens is 1. The summed E-state index contributed by atoms with van der Waals surface area (Å²) in [6, 6.07) is 1.66. The number of aromatic nitrogens is 3. The summed E-state index contributed by atoms with van der Waals surface area (Å²) in [6.07, 6.45) is 1.36. The number of rotatable bonds is 6. The van der Waals surface area contributed by atoms with Crippen LogP contribution in [0.25, 0.3) is 11.0 Å². The van der Waals surface area contributed by atoms with Gasteiger partial charge in [0.25, 0.3) is 11.5 Å². The van der Waals surface area contributed by atoms with Crippen molar-refractivity contribution in [1.29, 1.82) is 0 Å². The molecule has 9 nitrogen and oxygen atoms in total. The van der Waals surface area contributed by atoms with E-state index in [1.54, 1.807) is 22.8 Å². The highest BCUT2D eigenvalue weighted by atomic mass is 16.2. The van der Waals surface area contributed by atoms with E-state index in [4.69, 9.17) is 0 Å². The summed E-state index contributed by atoms with van der Waals surface area (Å²) in [5.41, 5.74) is -0.00994. The van der Waals surface area contributed by atoms with E-state index in [-0.39, 0.29) is 34.3 Å². The zero-order chi connectivity index (χ0) is 23.6. The maximum atomic E-state index is 13.5. The Morgan fingerprint density at radius 2 is 1.69 bits per heavy atom. The molecule has 174 valence electrons. The summed E-state index contributed by atoms with van der Waals surface area (Å²) in [5.74, 6) is 0.322. The largest absolute Gasteiger partial charge is 0.339 e. The fraction of sp³-hybridized carbons (Fsp3) is 0.609. The predicted molar refractivity (Wildman–Crippen MR) is 123 cm³/mol. The van der Waals surface area contributed by atoms with Gasteiger partial charge < -0.3 is 9.80 Å². The number of piperazine rings is 1. The molecule has 0 radical (unpaired) electrons.